The van der Waals surface area contributed by atoms with E-state index in [0.717, 1.165) is 37.6 Å². The molecular weight excluding hydrogens is 381 g/mol. The number of halogens is 1. The lowest BCUT2D eigenvalue weighted by molar-refractivity contribution is 0.812. The molecule has 0 saturated carbocycles. The molecule has 0 aliphatic rings. The predicted molar refractivity (Wildman–Crippen MR) is 103 cm³/mol. The van der Waals surface area contributed by atoms with Crippen molar-refractivity contribution in [2.45, 2.75) is 19.8 Å². The molecular formula is C15H26IN3S. The molecule has 0 heterocycles. The lowest BCUT2D eigenvalue weighted by atomic mass is 10.1. The second kappa shape index (κ2) is 12.3. The van der Waals surface area contributed by atoms with Crippen molar-refractivity contribution in [1.29, 1.82) is 0 Å². The van der Waals surface area contributed by atoms with E-state index >= 15 is 0 Å². The SMILES string of the molecule is CCc1ccc(CCNC(=NC)NCCSC)cc1.I. The van der Waals surface area contributed by atoms with Gasteiger partial charge in [0, 0.05) is 25.9 Å². The Kier molecular flexibility index (Phi) is 12.1. The molecule has 5 heteroatoms. The van der Waals surface area contributed by atoms with Gasteiger partial charge in [0.1, 0.15) is 0 Å². The van der Waals surface area contributed by atoms with Gasteiger partial charge in [0.2, 0.25) is 0 Å². The third kappa shape index (κ3) is 7.99. The summed E-state index contributed by atoms with van der Waals surface area (Å²) in [4.78, 5) is 4.20. The van der Waals surface area contributed by atoms with Crippen LogP contribution in [0.2, 0.25) is 0 Å². The third-order valence-corrected chi connectivity index (χ3v) is 3.57. The second-order valence-corrected chi connectivity index (χ2v) is 5.32. The number of hydrogen-bond acceptors (Lipinski definition) is 2. The van der Waals surface area contributed by atoms with E-state index in [4.69, 9.17) is 0 Å². The average Bonchev–Trinajstić information content (AvgIpc) is 2.46. The highest BCUT2D eigenvalue weighted by Gasteiger charge is 1.97. The summed E-state index contributed by atoms with van der Waals surface area (Å²) in [5.74, 6) is 1.98. The number of nitrogens with one attached hydrogen (secondary N) is 2. The second-order valence-electron chi connectivity index (χ2n) is 4.34. The number of aliphatic imine (C=N–C) groups is 1. The van der Waals surface area contributed by atoms with Crippen LogP contribution in [0.1, 0.15) is 18.1 Å². The number of guanidine groups is 1. The molecule has 0 atom stereocenters. The zero-order chi connectivity index (χ0) is 13.9. The Balaban J connectivity index is 0.00000361. The van der Waals surface area contributed by atoms with Crippen LogP contribution < -0.4 is 10.6 Å². The lowest BCUT2D eigenvalue weighted by Crippen LogP contribution is -2.39. The molecule has 0 aromatic heterocycles. The smallest absolute Gasteiger partial charge is 0.191 e. The van der Waals surface area contributed by atoms with Crippen molar-refractivity contribution in [3.8, 4) is 0 Å². The number of nitrogens with zero attached hydrogens (tertiary/aromatic N) is 1. The molecule has 1 aromatic carbocycles. The summed E-state index contributed by atoms with van der Waals surface area (Å²) in [6, 6.07) is 8.84. The van der Waals surface area contributed by atoms with Gasteiger partial charge in [-0.3, -0.25) is 4.99 Å². The molecule has 0 aliphatic heterocycles. The van der Waals surface area contributed by atoms with Crippen molar-refractivity contribution >= 4 is 41.7 Å². The first-order valence-corrected chi connectivity index (χ1v) is 8.20. The minimum Gasteiger partial charge on any atom is -0.356 e. The fraction of sp³-hybridized carbons (Fsp3) is 0.533. The zero-order valence-corrected chi connectivity index (χ0v) is 15.8. The summed E-state index contributed by atoms with van der Waals surface area (Å²) in [5, 5.41) is 6.63. The summed E-state index contributed by atoms with van der Waals surface area (Å²) in [6.45, 7) is 4.04. The molecule has 0 fully saturated rings. The van der Waals surface area contributed by atoms with Crippen LogP contribution in [-0.4, -0.2) is 38.1 Å². The van der Waals surface area contributed by atoms with Gasteiger partial charge in [-0.25, -0.2) is 0 Å². The fourth-order valence-electron chi connectivity index (χ4n) is 1.76. The number of thioether (sulfide) groups is 1. The molecule has 0 saturated heterocycles. The molecule has 0 aliphatic carbocycles. The molecule has 1 aromatic rings. The van der Waals surface area contributed by atoms with Gasteiger partial charge in [0.05, 0.1) is 0 Å². The number of hydrogen-bond donors (Lipinski definition) is 2. The topological polar surface area (TPSA) is 36.4 Å². The van der Waals surface area contributed by atoms with Gasteiger partial charge in [-0.15, -0.1) is 24.0 Å². The summed E-state index contributed by atoms with van der Waals surface area (Å²) >= 11 is 1.83. The van der Waals surface area contributed by atoms with Gasteiger partial charge >= 0.3 is 0 Å². The molecule has 0 radical (unpaired) electrons. The summed E-state index contributed by atoms with van der Waals surface area (Å²) in [5.41, 5.74) is 2.76. The maximum Gasteiger partial charge on any atom is 0.191 e. The Morgan fingerprint density at radius 3 is 2.25 bits per heavy atom. The lowest BCUT2D eigenvalue weighted by Gasteiger charge is -2.11. The van der Waals surface area contributed by atoms with Crippen LogP contribution in [0.5, 0.6) is 0 Å². The highest BCUT2D eigenvalue weighted by molar-refractivity contribution is 14.0. The first-order chi connectivity index (χ1) is 9.30. The Morgan fingerprint density at radius 1 is 1.10 bits per heavy atom. The van der Waals surface area contributed by atoms with E-state index in [1.165, 1.54) is 11.1 Å². The van der Waals surface area contributed by atoms with Crippen LogP contribution in [0.3, 0.4) is 0 Å². The van der Waals surface area contributed by atoms with Crippen LogP contribution in [-0.2, 0) is 12.8 Å². The summed E-state index contributed by atoms with van der Waals surface area (Å²) in [7, 11) is 1.81. The number of rotatable bonds is 7. The minimum absolute atomic E-state index is 0. The van der Waals surface area contributed by atoms with E-state index in [1.807, 2.05) is 18.8 Å². The predicted octanol–water partition coefficient (Wildman–Crippen LogP) is 2.94. The molecule has 3 nitrogen and oxygen atoms in total. The average molecular weight is 407 g/mol. The largest absolute Gasteiger partial charge is 0.356 e. The minimum atomic E-state index is 0. The maximum atomic E-state index is 4.20. The highest BCUT2D eigenvalue weighted by atomic mass is 127. The third-order valence-electron chi connectivity index (χ3n) is 2.96. The number of aryl methyl sites for hydroxylation is 1. The van der Waals surface area contributed by atoms with E-state index in [2.05, 4.69) is 53.1 Å². The van der Waals surface area contributed by atoms with Crippen molar-refractivity contribution in [2.24, 2.45) is 4.99 Å². The first-order valence-electron chi connectivity index (χ1n) is 6.81. The summed E-state index contributed by atoms with van der Waals surface area (Å²) in [6.07, 6.45) is 4.23. The van der Waals surface area contributed by atoms with Crippen LogP contribution in [0.4, 0.5) is 0 Å². The van der Waals surface area contributed by atoms with Gasteiger partial charge in [-0.1, -0.05) is 31.2 Å². The molecule has 114 valence electrons. The van der Waals surface area contributed by atoms with Gasteiger partial charge in [-0.05, 0) is 30.2 Å². The molecule has 20 heavy (non-hydrogen) atoms. The van der Waals surface area contributed by atoms with Gasteiger partial charge in [-0.2, -0.15) is 11.8 Å². The quantitative estimate of drug-likeness (QED) is 0.316. The van der Waals surface area contributed by atoms with Crippen LogP contribution in [0.25, 0.3) is 0 Å². The van der Waals surface area contributed by atoms with Gasteiger partial charge in [0.25, 0.3) is 0 Å². The molecule has 0 spiro atoms. The van der Waals surface area contributed by atoms with Gasteiger partial charge < -0.3 is 10.6 Å². The van der Waals surface area contributed by atoms with E-state index in [9.17, 15) is 0 Å². The Hall–Kier alpha value is -0.430. The van der Waals surface area contributed by atoms with E-state index in [1.54, 1.807) is 0 Å². The molecule has 2 N–H and O–H groups in total. The van der Waals surface area contributed by atoms with Crippen LogP contribution >= 0.6 is 35.7 Å². The molecule has 1 rings (SSSR count). The maximum absolute atomic E-state index is 4.20. The van der Waals surface area contributed by atoms with Crippen LogP contribution in [0.15, 0.2) is 29.3 Å². The van der Waals surface area contributed by atoms with Gasteiger partial charge in [0.15, 0.2) is 5.96 Å². The van der Waals surface area contributed by atoms with Crippen molar-refractivity contribution in [3.05, 3.63) is 35.4 Å². The fourth-order valence-corrected chi connectivity index (χ4v) is 2.07. The normalized spacial score (nSPS) is 10.8. The van der Waals surface area contributed by atoms with Crippen molar-refractivity contribution in [1.82, 2.24) is 10.6 Å². The molecule has 0 bridgehead atoms. The molecule has 0 amide bonds. The zero-order valence-electron chi connectivity index (χ0n) is 12.6. The standard InChI is InChI=1S/C15H25N3S.HI/c1-4-13-5-7-14(8-6-13)9-10-17-15(16-2)18-11-12-19-3;/h5-8H,4,9-12H2,1-3H3,(H2,16,17,18);1H. The Morgan fingerprint density at radius 2 is 1.70 bits per heavy atom. The Bertz CT molecular complexity index is 379. The first kappa shape index (κ1) is 19.6. The Labute approximate surface area is 144 Å². The number of benzene rings is 1. The van der Waals surface area contributed by atoms with Crippen molar-refractivity contribution < 1.29 is 0 Å². The highest BCUT2D eigenvalue weighted by Crippen LogP contribution is 2.05. The van der Waals surface area contributed by atoms with E-state index in [-0.39, 0.29) is 24.0 Å². The van der Waals surface area contributed by atoms with Crippen molar-refractivity contribution in [2.75, 3.05) is 32.1 Å². The summed E-state index contributed by atoms with van der Waals surface area (Å²) < 4.78 is 0. The molecule has 0 unspecified atom stereocenters. The van der Waals surface area contributed by atoms with E-state index in [0.29, 0.717) is 0 Å². The van der Waals surface area contributed by atoms with Crippen LogP contribution in [0, 0.1) is 0 Å². The monoisotopic (exact) mass is 407 g/mol. The van der Waals surface area contributed by atoms with E-state index < -0.39 is 0 Å². The van der Waals surface area contributed by atoms with Crippen molar-refractivity contribution in [3.63, 3.8) is 0 Å².